The molecule has 8 heteroatoms. The fourth-order valence-electron chi connectivity index (χ4n) is 4.35. The average Bonchev–Trinajstić information content (AvgIpc) is 3.19. The lowest BCUT2D eigenvalue weighted by atomic mass is 9.85. The lowest BCUT2D eigenvalue weighted by molar-refractivity contribution is -0.0201. The number of carbonyl (C=O) groups is 1. The van der Waals surface area contributed by atoms with Gasteiger partial charge in [-0.2, -0.15) is 5.10 Å². The maximum Gasteiger partial charge on any atom is 0.319 e. The SMILES string of the molecule is CCn1ncc2c(NC(=O)NCCN3CCC(O)(Cc4ccccc4)CC3)cc(C)nc21. The van der Waals surface area contributed by atoms with E-state index in [2.05, 4.69) is 37.7 Å². The van der Waals surface area contributed by atoms with Crippen LogP contribution >= 0.6 is 0 Å². The fraction of sp³-hybridized carbons (Fsp3) is 0.458. The molecule has 0 saturated carbocycles. The molecule has 8 nitrogen and oxygen atoms in total. The summed E-state index contributed by atoms with van der Waals surface area (Å²) in [5.41, 5.74) is 2.86. The summed E-state index contributed by atoms with van der Waals surface area (Å²) in [5, 5.41) is 22.0. The van der Waals surface area contributed by atoms with Gasteiger partial charge in [-0.1, -0.05) is 30.3 Å². The van der Waals surface area contributed by atoms with Gasteiger partial charge < -0.3 is 20.6 Å². The molecule has 1 saturated heterocycles. The van der Waals surface area contributed by atoms with Gasteiger partial charge in [0.2, 0.25) is 0 Å². The molecule has 0 radical (unpaired) electrons. The molecule has 32 heavy (non-hydrogen) atoms. The third-order valence-electron chi connectivity index (χ3n) is 6.16. The molecule has 0 unspecified atom stereocenters. The van der Waals surface area contributed by atoms with Crippen molar-refractivity contribution >= 4 is 22.8 Å². The highest BCUT2D eigenvalue weighted by molar-refractivity contribution is 5.99. The Morgan fingerprint density at radius 2 is 1.97 bits per heavy atom. The van der Waals surface area contributed by atoms with Crippen LogP contribution < -0.4 is 10.6 Å². The minimum Gasteiger partial charge on any atom is -0.389 e. The van der Waals surface area contributed by atoms with E-state index in [4.69, 9.17) is 0 Å². The minimum atomic E-state index is -0.643. The highest BCUT2D eigenvalue weighted by atomic mass is 16.3. The van der Waals surface area contributed by atoms with Crippen LogP contribution in [0.2, 0.25) is 0 Å². The summed E-state index contributed by atoms with van der Waals surface area (Å²) in [6, 6.07) is 11.8. The molecular weight excluding hydrogens is 404 g/mol. The molecule has 0 bridgehead atoms. The van der Waals surface area contributed by atoms with Crippen molar-refractivity contribution in [3.05, 3.63) is 53.9 Å². The van der Waals surface area contributed by atoms with E-state index in [1.807, 2.05) is 42.8 Å². The topological polar surface area (TPSA) is 95.3 Å². The number of nitrogens with zero attached hydrogens (tertiary/aromatic N) is 4. The van der Waals surface area contributed by atoms with Crippen LogP contribution in [0.1, 0.15) is 31.0 Å². The molecule has 3 aromatic rings. The summed E-state index contributed by atoms with van der Waals surface area (Å²) in [4.78, 5) is 19.3. The molecular formula is C24H32N6O2. The zero-order chi connectivity index (χ0) is 22.6. The number of aromatic nitrogens is 3. The van der Waals surface area contributed by atoms with E-state index in [1.165, 1.54) is 5.56 Å². The van der Waals surface area contributed by atoms with Crippen molar-refractivity contribution in [2.24, 2.45) is 0 Å². The van der Waals surface area contributed by atoms with Crippen LogP contribution in [-0.4, -0.2) is 62.6 Å². The van der Waals surface area contributed by atoms with Gasteiger partial charge in [0, 0.05) is 44.8 Å². The molecule has 1 aliphatic heterocycles. The van der Waals surface area contributed by atoms with Crippen LogP contribution in [0, 0.1) is 6.92 Å². The van der Waals surface area contributed by atoms with Crippen LogP contribution in [0.15, 0.2) is 42.6 Å². The largest absolute Gasteiger partial charge is 0.389 e. The number of aryl methyl sites for hydroxylation is 2. The van der Waals surface area contributed by atoms with E-state index in [1.54, 1.807) is 6.20 Å². The van der Waals surface area contributed by atoms with E-state index in [0.29, 0.717) is 18.7 Å². The van der Waals surface area contributed by atoms with Gasteiger partial charge in [-0.25, -0.2) is 14.5 Å². The first kappa shape index (κ1) is 22.2. The Morgan fingerprint density at radius 3 is 2.69 bits per heavy atom. The first-order valence-corrected chi connectivity index (χ1v) is 11.3. The second-order valence-corrected chi connectivity index (χ2v) is 8.62. The first-order chi connectivity index (χ1) is 15.5. The summed E-state index contributed by atoms with van der Waals surface area (Å²) in [6.07, 6.45) is 3.91. The molecule has 1 aliphatic rings. The Labute approximate surface area is 188 Å². The van der Waals surface area contributed by atoms with E-state index in [9.17, 15) is 9.90 Å². The molecule has 0 atom stereocenters. The third kappa shape index (κ3) is 5.26. The smallest absolute Gasteiger partial charge is 0.319 e. The quantitative estimate of drug-likeness (QED) is 0.529. The van der Waals surface area contributed by atoms with Crippen LogP contribution in [0.3, 0.4) is 0 Å². The first-order valence-electron chi connectivity index (χ1n) is 11.3. The summed E-state index contributed by atoms with van der Waals surface area (Å²) in [5.74, 6) is 0. The molecule has 0 aliphatic carbocycles. The Morgan fingerprint density at radius 1 is 1.22 bits per heavy atom. The van der Waals surface area contributed by atoms with Gasteiger partial charge in [-0.05, 0) is 38.3 Å². The summed E-state index contributed by atoms with van der Waals surface area (Å²) < 4.78 is 1.82. The lowest BCUT2D eigenvalue weighted by Gasteiger charge is -2.38. The number of hydrogen-bond acceptors (Lipinski definition) is 5. The van der Waals surface area contributed by atoms with Crippen LogP contribution in [0.25, 0.3) is 11.0 Å². The van der Waals surface area contributed by atoms with Crippen molar-refractivity contribution in [2.45, 2.75) is 45.3 Å². The Balaban J connectivity index is 1.24. The van der Waals surface area contributed by atoms with Crippen LogP contribution in [0.4, 0.5) is 10.5 Å². The second-order valence-electron chi connectivity index (χ2n) is 8.62. The van der Waals surface area contributed by atoms with Gasteiger partial charge in [0.25, 0.3) is 0 Å². The third-order valence-corrected chi connectivity index (χ3v) is 6.16. The molecule has 1 fully saturated rings. The number of fused-ring (bicyclic) bond motifs is 1. The van der Waals surface area contributed by atoms with Gasteiger partial charge in [0.15, 0.2) is 5.65 Å². The van der Waals surface area contributed by atoms with Gasteiger partial charge >= 0.3 is 6.03 Å². The Hall–Kier alpha value is -2.97. The number of anilines is 1. The number of hydrogen-bond donors (Lipinski definition) is 3. The highest BCUT2D eigenvalue weighted by Crippen LogP contribution is 2.26. The van der Waals surface area contributed by atoms with E-state index < -0.39 is 5.60 Å². The van der Waals surface area contributed by atoms with Crippen LogP contribution in [-0.2, 0) is 13.0 Å². The van der Waals surface area contributed by atoms with E-state index in [0.717, 1.165) is 55.7 Å². The fourth-order valence-corrected chi connectivity index (χ4v) is 4.35. The Bertz CT molecular complexity index is 1060. The van der Waals surface area contributed by atoms with E-state index in [-0.39, 0.29) is 6.03 Å². The minimum absolute atomic E-state index is 0.237. The Kier molecular flexibility index (Phi) is 6.72. The van der Waals surface area contributed by atoms with Gasteiger partial charge in [0.1, 0.15) is 0 Å². The number of carbonyl (C=O) groups excluding carboxylic acids is 1. The number of likely N-dealkylation sites (tertiary alicyclic amines) is 1. The molecule has 0 spiro atoms. The normalized spacial score (nSPS) is 16.2. The lowest BCUT2D eigenvalue weighted by Crippen LogP contribution is -2.47. The number of benzene rings is 1. The summed E-state index contributed by atoms with van der Waals surface area (Å²) >= 11 is 0. The second kappa shape index (κ2) is 9.67. The molecule has 4 rings (SSSR count). The summed E-state index contributed by atoms with van der Waals surface area (Å²) in [7, 11) is 0. The number of amides is 2. The average molecular weight is 437 g/mol. The standard InChI is InChI=1S/C24H32N6O2/c1-3-30-22-20(17-26-30)21(15-18(2)27-22)28-23(31)25-11-14-29-12-9-24(32,10-13-29)16-19-7-5-4-6-8-19/h4-8,15,17,32H,3,9-14,16H2,1-2H3,(H2,25,27,28,31). The number of rotatable bonds is 7. The number of urea groups is 1. The van der Waals surface area contributed by atoms with Crippen LogP contribution in [0.5, 0.6) is 0 Å². The van der Waals surface area contributed by atoms with Crippen molar-refractivity contribution in [2.75, 3.05) is 31.5 Å². The highest BCUT2D eigenvalue weighted by Gasteiger charge is 2.32. The zero-order valence-electron chi connectivity index (χ0n) is 18.8. The van der Waals surface area contributed by atoms with Crippen molar-refractivity contribution in [1.29, 1.82) is 0 Å². The van der Waals surface area contributed by atoms with Gasteiger partial charge in [-0.15, -0.1) is 0 Å². The maximum absolute atomic E-state index is 12.5. The summed E-state index contributed by atoms with van der Waals surface area (Å²) in [6.45, 7) is 7.60. The number of piperidine rings is 1. The predicted octanol–water partition coefficient (Wildman–Crippen LogP) is 2.95. The predicted molar refractivity (Wildman–Crippen MR) is 126 cm³/mol. The molecule has 3 N–H and O–H groups in total. The van der Waals surface area contributed by atoms with Gasteiger partial charge in [0.05, 0.1) is 22.9 Å². The van der Waals surface area contributed by atoms with Gasteiger partial charge in [-0.3, -0.25) is 0 Å². The van der Waals surface area contributed by atoms with Crippen molar-refractivity contribution in [3.8, 4) is 0 Å². The van der Waals surface area contributed by atoms with E-state index >= 15 is 0 Å². The number of aliphatic hydroxyl groups is 1. The maximum atomic E-state index is 12.5. The monoisotopic (exact) mass is 436 g/mol. The number of nitrogens with one attached hydrogen (secondary N) is 2. The van der Waals surface area contributed by atoms with Crippen molar-refractivity contribution in [1.82, 2.24) is 25.0 Å². The molecule has 1 aromatic carbocycles. The number of pyridine rings is 1. The zero-order valence-corrected chi connectivity index (χ0v) is 18.8. The van der Waals surface area contributed by atoms with Crippen molar-refractivity contribution in [3.63, 3.8) is 0 Å². The van der Waals surface area contributed by atoms with Crippen molar-refractivity contribution < 1.29 is 9.90 Å². The molecule has 170 valence electrons. The molecule has 3 heterocycles. The molecule has 2 aromatic heterocycles. The molecule has 2 amide bonds.